The molecule has 2 heteroatoms. The molecule has 0 amide bonds. The zero-order valence-corrected chi connectivity index (χ0v) is 10.1. The van der Waals surface area contributed by atoms with Gasteiger partial charge in [-0.1, -0.05) is 27.7 Å². The second-order valence-electron chi connectivity index (χ2n) is 2.51. The fourth-order valence-electron chi connectivity index (χ4n) is 0.921. The van der Waals surface area contributed by atoms with Gasteiger partial charge < -0.3 is 0 Å². The van der Waals surface area contributed by atoms with Gasteiger partial charge in [-0.25, -0.2) is 0 Å². The molecule has 1 aromatic rings. The lowest BCUT2D eigenvalue weighted by atomic mass is 10.4. The van der Waals surface area contributed by atoms with Crippen molar-refractivity contribution in [1.82, 2.24) is 9.78 Å². The van der Waals surface area contributed by atoms with Gasteiger partial charge in [0, 0.05) is 17.9 Å². The molecule has 0 aliphatic heterocycles. The summed E-state index contributed by atoms with van der Waals surface area (Å²) in [6.45, 7) is 14.3. The normalized spacial score (nSPS) is 8.31. The van der Waals surface area contributed by atoms with Crippen molar-refractivity contribution >= 4 is 0 Å². The van der Waals surface area contributed by atoms with Crippen molar-refractivity contribution < 1.29 is 0 Å². The molecule has 2 nitrogen and oxygen atoms in total. The van der Waals surface area contributed by atoms with Gasteiger partial charge in [-0.05, 0) is 26.8 Å². The van der Waals surface area contributed by atoms with E-state index in [1.54, 1.807) is 0 Å². The molecule has 0 unspecified atom stereocenters. The van der Waals surface area contributed by atoms with Crippen LogP contribution in [-0.2, 0) is 0 Å². The highest BCUT2D eigenvalue weighted by molar-refractivity contribution is 4.97. The molecule has 0 spiro atoms. The number of nitrogens with zero attached hydrogens (tertiary/aromatic N) is 2. The van der Waals surface area contributed by atoms with Gasteiger partial charge in [0.15, 0.2) is 0 Å². The Morgan fingerprint density at radius 1 is 1.15 bits per heavy atom. The van der Waals surface area contributed by atoms with Crippen molar-refractivity contribution in [3.05, 3.63) is 18.0 Å². The summed E-state index contributed by atoms with van der Waals surface area (Å²) in [7, 11) is 0. The molecule has 78 valence electrons. The minimum Gasteiger partial charge on any atom is -0.267 e. The molecule has 0 aromatic carbocycles. The third-order valence-electron chi connectivity index (χ3n) is 1.36. The lowest BCUT2D eigenvalue weighted by Gasteiger charge is -2.06. The minimum atomic E-state index is 0.486. The van der Waals surface area contributed by atoms with Crippen molar-refractivity contribution in [2.75, 3.05) is 0 Å². The van der Waals surface area contributed by atoms with E-state index in [2.05, 4.69) is 25.9 Å². The maximum absolute atomic E-state index is 4.13. The van der Waals surface area contributed by atoms with Crippen LogP contribution < -0.4 is 0 Å². The largest absolute Gasteiger partial charge is 0.267 e. The summed E-state index contributed by atoms with van der Waals surface area (Å²) in [4.78, 5) is 0. The van der Waals surface area contributed by atoms with E-state index in [0.717, 1.165) is 0 Å². The average Bonchev–Trinajstić information content (AvgIpc) is 2.58. The molecule has 0 aliphatic carbocycles. The van der Waals surface area contributed by atoms with E-state index < -0.39 is 0 Å². The van der Waals surface area contributed by atoms with E-state index in [4.69, 9.17) is 0 Å². The smallest absolute Gasteiger partial charge is 0.0492 e. The van der Waals surface area contributed by atoms with Crippen LogP contribution in [0.3, 0.4) is 0 Å². The molecule has 0 aliphatic rings. The summed E-state index contributed by atoms with van der Waals surface area (Å²) in [5.74, 6) is 0. The first-order valence-electron chi connectivity index (χ1n) is 5.22. The third-order valence-corrected chi connectivity index (χ3v) is 1.36. The van der Waals surface area contributed by atoms with Gasteiger partial charge in [0.25, 0.3) is 0 Å². The van der Waals surface area contributed by atoms with Crippen LogP contribution in [0.4, 0.5) is 0 Å². The van der Waals surface area contributed by atoms with Crippen molar-refractivity contribution in [1.29, 1.82) is 0 Å². The highest BCUT2D eigenvalue weighted by atomic mass is 15.3. The number of aryl methyl sites for hydroxylation is 1. The predicted molar refractivity (Wildman–Crippen MR) is 60.0 cm³/mol. The number of hydrogen-bond acceptors (Lipinski definition) is 1. The van der Waals surface area contributed by atoms with E-state index in [0.29, 0.717) is 6.04 Å². The molecule has 0 fully saturated rings. The van der Waals surface area contributed by atoms with Crippen molar-refractivity contribution in [2.24, 2.45) is 0 Å². The van der Waals surface area contributed by atoms with Gasteiger partial charge in [0.2, 0.25) is 0 Å². The minimum absolute atomic E-state index is 0.486. The molecule has 0 bridgehead atoms. The van der Waals surface area contributed by atoms with E-state index in [1.807, 2.05) is 44.6 Å². The summed E-state index contributed by atoms with van der Waals surface area (Å²) in [5, 5.41) is 4.13. The molecular formula is C11H24N2. The first-order valence-corrected chi connectivity index (χ1v) is 5.22. The van der Waals surface area contributed by atoms with Crippen LogP contribution in [0.25, 0.3) is 0 Å². The monoisotopic (exact) mass is 184 g/mol. The third kappa shape index (κ3) is 5.45. The summed E-state index contributed by atoms with van der Waals surface area (Å²) >= 11 is 0. The topological polar surface area (TPSA) is 17.8 Å². The Balaban J connectivity index is 0. The number of aromatic nitrogens is 2. The zero-order chi connectivity index (χ0) is 10.9. The molecule has 0 saturated carbocycles. The summed E-state index contributed by atoms with van der Waals surface area (Å²) in [5.41, 5.74) is 1.23. The van der Waals surface area contributed by atoms with Crippen molar-refractivity contribution in [3.8, 4) is 0 Å². The van der Waals surface area contributed by atoms with Crippen molar-refractivity contribution in [2.45, 2.75) is 54.5 Å². The average molecular weight is 184 g/mol. The number of hydrogen-bond donors (Lipinski definition) is 0. The quantitative estimate of drug-likeness (QED) is 0.648. The molecular weight excluding hydrogens is 160 g/mol. The molecule has 13 heavy (non-hydrogen) atoms. The SMILES string of the molecule is CC.CC.Cc1ccnn1C(C)C. The van der Waals surface area contributed by atoms with Crippen LogP contribution >= 0.6 is 0 Å². The molecule has 0 radical (unpaired) electrons. The highest BCUT2D eigenvalue weighted by Crippen LogP contribution is 2.04. The summed E-state index contributed by atoms with van der Waals surface area (Å²) < 4.78 is 2.00. The van der Waals surface area contributed by atoms with Gasteiger partial charge in [-0.15, -0.1) is 0 Å². The Bertz CT molecular complexity index is 190. The van der Waals surface area contributed by atoms with Gasteiger partial charge >= 0.3 is 0 Å². The molecule has 0 saturated heterocycles. The molecule has 1 rings (SSSR count). The molecule has 1 heterocycles. The molecule has 1 aromatic heterocycles. The Labute approximate surface area is 83.0 Å². The maximum atomic E-state index is 4.13. The summed E-state index contributed by atoms with van der Waals surface area (Å²) in [6, 6.07) is 2.50. The second-order valence-corrected chi connectivity index (χ2v) is 2.51. The maximum Gasteiger partial charge on any atom is 0.0492 e. The fourth-order valence-corrected chi connectivity index (χ4v) is 0.921. The van der Waals surface area contributed by atoms with Gasteiger partial charge in [-0.2, -0.15) is 5.10 Å². The first kappa shape index (κ1) is 14.7. The fraction of sp³-hybridized carbons (Fsp3) is 0.727. The van der Waals surface area contributed by atoms with Crippen LogP contribution in [0.2, 0.25) is 0 Å². The van der Waals surface area contributed by atoms with Gasteiger partial charge in [0.1, 0.15) is 0 Å². The molecule has 0 atom stereocenters. The first-order chi connectivity index (χ1) is 6.22. The lowest BCUT2D eigenvalue weighted by molar-refractivity contribution is 0.519. The standard InChI is InChI=1S/C7H12N2.2C2H6/c1-6(2)9-7(3)4-5-8-9;2*1-2/h4-6H,1-3H3;2*1-2H3. The number of rotatable bonds is 1. The Hall–Kier alpha value is -0.790. The van der Waals surface area contributed by atoms with Crippen LogP contribution in [0.15, 0.2) is 12.3 Å². The van der Waals surface area contributed by atoms with E-state index in [-0.39, 0.29) is 0 Å². The van der Waals surface area contributed by atoms with Gasteiger partial charge in [0.05, 0.1) is 0 Å². The Morgan fingerprint density at radius 2 is 1.62 bits per heavy atom. The van der Waals surface area contributed by atoms with E-state index in [1.165, 1.54) is 5.69 Å². The van der Waals surface area contributed by atoms with Crippen LogP contribution in [0.1, 0.15) is 53.3 Å². The summed E-state index contributed by atoms with van der Waals surface area (Å²) in [6.07, 6.45) is 1.83. The zero-order valence-electron chi connectivity index (χ0n) is 10.1. The van der Waals surface area contributed by atoms with Crippen molar-refractivity contribution in [3.63, 3.8) is 0 Å². The van der Waals surface area contributed by atoms with Crippen LogP contribution in [-0.4, -0.2) is 9.78 Å². The second kappa shape index (κ2) is 9.30. The lowest BCUT2D eigenvalue weighted by Crippen LogP contribution is -2.03. The molecule has 0 N–H and O–H groups in total. The highest BCUT2D eigenvalue weighted by Gasteiger charge is 1.98. The van der Waals surface area contributed by atoms with E-state index >= 15 is 0 Å². The Morgan fingerprint density at radius 3 is 1.77 bits per heavy atom. The van der Waals surface area contributed by atoms with E-state index in [9.17, 15) is 0 Å². The Kier molecular flexibility index (Phi) is 10.5. The predicted octanol–water partition coefficient (Wildman–Crippen LogP) is 3.82. The van der Waals surface area contributed by atoms with Crippen LogP contribution in [0.5, 0.6) is 0 Å². The van der Waals surface area contributed by atoms with Gasteiger partial charge in [-0.3, -0.25) is 4.68 Å². The van der Waals surface area contributed by atoms with Crippen LogP contribution in [0, 0.1) is 6.92 Å².